The van der Waals surface area contributed by atoms with Gasteiger partial charge in [-0.25, -0.2) is 9.48 Å². The molecule has 174 valence electrons. The number of carbonyl (C=O) groups excluding carboxylic acids is 2. The molecule has 1 fully saturated rings. The number of benzene rings is 1. The molecule has 32 heavy (non-hydrogen) atoms. The predicted octanol–water partition coefficient (Wildman–Crippen LogP) is 3.13. The Bertz CT molecular complexity index is 915. The van der Waals surface area contributed by atoms with E-state index < -0.39 is 5.97 Å². The van der Waals surface area contributed by atoms with Gasteiger partial charge in [0.05, 0.1) is 25.4 Å². The molecule has 0 unspecified atom stereocenters. The van der Waals surface area contributed by atoms with Crippen LogP contribution < -0.4 is 5.32 Å². The third-order valence-corrected chi connectivity index (χ3v) is 6.45. The van der Waals surface area contributed by atoms with Crippen LogP contribution in [0.5, 0.6) is 0 Å². The number of aromatic nitrogens is 3. The summed E-state index contributed by atoms with van der Waals surface area (Å²) in [5.74, 6) is 0.0316. The number of amides is 1. The molecule has 0 aliphatic carbocycles. The first kappa shape index (κ1) is 24.2. The highest BCUT2D eigenvalue weighted by Crippen LogP contribution is 2.29. The van der Waals surface area contributed by atoms with Crippen LogP contribution in [0.25, 0.3) is 0 Å². The van der Waals surface area contributed by atoms with E-state index in [4.69, 9.17) is 16.3 Å². The van der Waals surface area contributed by atoms with E-state index in [1.807, 2.05) is 24.3 Å². The van der Waals surface area contributed by atoms with E-state index in [2.05, 4.69) is 34.4 Å². The van der Waals surface area contributed by atoms with E-state index >= 15 is 0 Å². The van der Waals surface area contributed by atoms with Gasteiger partial charge >= 0.3 is 5.97 Å². The molecule has 2 atom stereocenters. The Kier molecular flexibility index (Phi) is 8.64. The van der Waals surface area contributed by atoms with Gasteiger partial charge in [-0.1, -0.05) is 55.6 Å². The van der Waals surface area contributed by atoms with Crippen LogP contribution in [0.2, 0.25) is 5.02 Å². The van der Waals surface area contributed by atoms with Crippen molar-refractivity contribution in [3.05, 3.63) is 46.7 Å². The SMILES string of the molecule is CCC(CC)CN1C[C@H](n2cc(C(=O)OC)nn2)C[C@H]1C(=O)NCCc1cccc(Cl)c1. The molecule has 0 saturated carbocycles. The summed E-state index contributed by atoms with van der Waals surface area (Å²) in [5.41, 5.74) is 1.27. The maximum Gasteiger partial charge on any atom is 0.360 e. The summed E-state index contributed by atoms with van der Waals surface area (Å²) in [6.07, 6.45) is 5.08. The molecule has 2 aromatic rings. The largest absolute Gasteiger partial charge is 0.464 e. The molecule has 1 aliphatic heterocycles. The number of nitrogens with zero attached hydrogens (tertiary/aromatic N) is 4. The van der Waals surface area contributed by atoms with Gasteiger partial charge in [0.2, 0.25) is 5.91 Å². The van der Waals surface area contributed by atoms with Crippen LogP contribution in [0.3, 0.4) is 0 Å². The van der Waals surface area contributed by atoms with Crippen LogP contribution in [0, 0.1) is 5.92 Å². The number of nitrogens with one attached hydrogen (secondary N) is 1. The van der Waals surface area contributed by atoms with Crippen molar-refractivity contribution in [2.75, 3.05) is 26.7 Å². The molecule has 0 spiro atoms. The lowest BCUT2D eigenvalue weighted by Gasteiger charge is -2.27. The van der Waals surface area contributed by atoms with Crippen LogP contribution in [0.1, 0.15) is 55.2 Å². The number of ether oxygens (including phenoxy) is 1. The van der Waals surface area contributed by atoms with Gasteiger partial charge in [-0.3, -0.25) is 9.69 Å². The Morgan fingerprint density at radius 1 is 1.31 bits per heavy atom. The van der Waals surface area contributed by atoms with E-state index in [1.54, 1.807) is 10.9 Å². The summed E-state index contributed by atoms with van der Waals surface area (Å²) in [7, 11) is 1.32. The Balaban J connectivity index is 1.66. The molecule has 1 amide bonds. The van der Waals surface area contributed by atoms with Crippen molar-refractivity contribution in [1.82, 2.24) is 25.2 Å². The Hall–Kier alpha value is -2.45. The number of esters is 1. The van der Waals surface area contributed by atoms with Gasteiger partial charge < -0.3 is 10.1 Å². The summed E-state index contributed by atoms with van der Waals surface area (Å²) < 4.78 is 6.41. The molecule has 0 radical (unpaired) electrons. The molecule has 1 aromatic carbocycles. The number of hydrogen-bond donors (Lipinski definition) is 1. The standard InChI is InChI=1S/C23H32ClN5O3/c1-4-16(5-2)13-28-14-19(29-15-20(26-27-29)23(31)32-3)12-21(28)22(30)25-10-9-17-7-6-8-18(24)11-17/h6-8,11,15-16,19,21H,4-5,9-10,12-14H2,1-3H3,(H,25,30)/t19-,21+/m1/s1. The van der Waals surface area contributed by atoms with Crippen LogP contribution in [0.4, 0.5) is 0 Å². The molecular weight excluding hydrogens is 430 g/mol. The van der Waals surface area contributed by atoms with Crippen molar-refractivity contribution in [3.63, 3.8) is 0 Å². The summed E-state index contributed by atoms with van der Waals surface area (Å²) in [4.78, 5) is 27.1. The summed E-state index contributed by atoms with van der Waals surface area (Å²) >= 11 is 6.05. The zero-order valence-corrected chi connectivity index (χ0v) is 19.7. The molecule has 1 N–H and O–H groups in total. The second kappa shape index (κ2) is 11.4. The summed E-state index contributed by atoms with van der Waals surface area (Å²) in [6.45, 7) is 6.46. The van der Waals surface area contributed by atoms with Crippen LogP contribution >= 0.6 is 11.6 Å². The number of hydrogen-bond acceptors (Lipinski definition) is 6. The maximum atomic E-state index is 13.1. The van der Waals surface area contributed by atoms with E-state index in [9.17, 15) is 9.59 Å². The van der Waals surface area contributed by atoms with Gasteiger partial charge in [-0.15, -0.1) is 5.10 Å². The normalized spacial score (nSPS) is 18.8. The fourth-order valence-corrected chi connectivity index (χ4v) is 4.43. The molecule has 3 rings (SSSR count). The van der Waals surface area contributed by atoms with Gasteiger partial charge in [0, 0.05) is 24.7 Å². The minimum atomic E-state index is -0.515. The van der Waals surface area contributed by atoms with Gasteiger partial charge in [-0.05, 0) is 36.5 Å². The van der Waals surface area contributed by atoms with Crippen molar-refractivity contribution in [2.45, 2.75) is 51.6 Å². The fraction of sp³-hybridized carbons (Fsp3) is 0.565. The molecule has 8 nitrogen and oxygen atoms in total. The minimum absolute atomic E-state index is 0.0220. The topological polar surface area (TPSA) is 89.3 Å². The lowest BCUT2D eigenvalue weighted by Crippen LogP contribution is -2.45. The van der Waals surface area contributed by atoms with Crippen LogP contribution in [-0.4, -0.2) is 64.6 Å². The third kappa shape index (κ3) is 6.07. The van der Waals surface area contributed by atoms with E-state index in [1.165, 1.54) is 7.11 Å². The minimum Gasteiger partial charge on any atom is -0.464 e. The first-order valence-electron chi connectivity index (χ1n) is 11.2. The number of methoxy groups -OCH3 is 1. The first-order valence-corrected chi connectivity index (χ1v) is 11.6. The number of halogens is 1. The third-order valence-electron chi connectivity index (χ3n) is 6.21. The van der Waals surface area contributed by atoms with Crippen molar-refractivity contribution >= 4 is 23.5 Å². The van der Waals surface area contributed by atoms with Gasteiger partial charge in [0.15, 0.2) is 5.69 Å². The molecule has 1 saturated heterocycles. The van der Waals surface area contributed by atoms with Crippen molar-refractivity contribution in [2.24, 2.45) is 5.92 Å². The molecular formula is C23H32ClN5O3. The second-order valence-electron chi connectivity index (χ2n) is 8.29. The quantitative estimate of drug-likeness (QED) is 0.547. The van der Waals surface area contributed by atoms with Crippen LogP contribution in [0.15, 0.2) is 30.5 Å². The monoisotopic (exact) mass is 461 g/mol. The zero-order valence-electron chi connectivity index (χ0n) is 19.0. The number of likely N-dealkylation sites (tertiary alicyclic amines) is 1. The van der Waals surface area contributed by atoms with E-state index in [0.717, 1.165) is 31.4 Å². The average molecular weight is 462 g/mol. The number of rotatable bonds is 10. The molecule has 0 bridgehead atoms. The van der Waals surface area contributed by atoms with Crippen molar-refractivity contribution in [3.8, 4) is 0 Å². The summed E-state index contributed by atoms with van der Waals surface area (Å²) in [6, 6.07) is 7.41. The highest BCUT2D eigenvalue weighted by Gasteiger charge is 2.38. The van der Waals surface area contributed by atoms with Crippen molar-refractivity contribution in [1.29, 1.82) is 0 Å². The van der Waals surface area contributed by atoms with Crippen LogP contribution in [-0.2, 0) is 16.0 Å². The fourth-order valence-electron chi connectivity index (χ4n) is 4.22. The van der Waals surface area contributed by atoms with Crippen molar-refractivity contribution < 1.29 is 14.3 Å². The molecule has 9 heteroatoms. The highest BCUT2D eigenvalue weighted by atomic mass is 35.5. The average Bonchev–Trinajstić information content (AvgIpc) is 3.44. The van der Waals surface area contributed by atoms with Gasteiger partial charge in [0.1, 0.15) is 0 Å². The zero-order chi connectivity index (χ0) is 23.1. The predicted molar refractivity (Wildman–Crippen MR) is 123 cm³/mol. The van der Waals surface area contributed by atoms with E-state index in [0.29, 0.717) is 30.5 Å². The molecule has 1 aliphatic rings. The Morgan fingerprint density at radius 2 is 2.09 bits per heavy atom. The van der Waals surface area contributed by atoms with Gasteiger partial charge in [-0.2, -0.15) is 0 Å². The lowest BCUT2D eigenvalue weighted by molar-refractivity contribution is -0.125. The lowest BCUT2D eigenvalue weighted by atomic mass is 10.0. The highest BCUT2D eigenvalue weighted by molar-refractivity contribution is 6.30. The summed E-state index contributed by atoms with van der Waals surface area (Å²) in [5, 5.41) is 11.8. The smallest absolute Gasteiger partial charge is 0.360 e. The van der Waals surface area contributed by atoms with Gasteiger partial charge in [0.25, 0.3) is 0 Å². The first-order chi connectivity index (χ1) is 15.4. The number of carbonyl (C=O) groups is 2. The Morgan fingerprint density at radius 3 is 2.78 bits per heavy atom. The van der Waals surface area contributed by atoms with E-state index in [-0.39, 0.29) is 23.7 Å². The molecule has 2 heterocycles. The maximum absolute atomic E-state index is 13.1. The Labute approximate surface area is 194 Å². The molecule has 1 aromatic heterocycles. The second-order valence-corrected chi connectivity index (χ2v) is 8.72.